The molecule has 1 aliphatic rings. The number of nitriles is 1. The first kappa shape index (κ1) is 23.5. The highest BCUT2D eigenvalue weighted by molar-refractivity contribution is 7.92. The summed E-state index contributed by atoms with van der Waals surface area (Å²) < 4.78 is 46.5. The van der Waals surface area contributed by atoms with Gasteiger partial charge in [0.1, 0.15) is 16.5 Å². The molecule has 0 N–H and O–H groups in total. The van der Waals surface area contributed by atoms with E-state index in [0.29, 0.717) is 18.6 Å². The van der Waals surface area contributed by atoms with Crippen LogP contribution in [0.1, 0.15) is 36.2 Å². The van der Waals surface area contributed by atoms with E-state index in [1.807, 2.05) is 0 Å². The molecule has 2 heterocycles. The van der Waals surface area contributed by atoms with Crippen LogP contribution in [-0.4, -0.2) is 49.1 Å². The Labute approximate surface area is 184 Å². The number of rotatable bonds is 6. The van der Waals surface area contributed by atoms with Crippen LogP contribution >= 0.6 is 0 Å². The second-order valence-corrected chi connectivity index (χ2v) is 9.39. The lowest BCUT2D eigenvalue weighted by Gasteiger charge is -2.32. The van der Waals surface area contributed by atoms with Gasteiger partial charge in [-0.1, -0.05) is 13.0 Å². The van der Waals surface area contributed by atoms with Crippen molar-refractivity contribution in [2.75, 3.05) is 24.6 Å². The van der Waals surface area contributed by atoms with Crippen LogP contribution in [0.15, 0.2) is 23.1 Å². The molecular formula is C20H22FN5O5S. The lowest BCUT2D eigenvalue weighted by Crippen LogP contribution is -2.42. The summed E-state index contributed by atoms with van der Waals surface area (Å²) in [6.07, 6.45) is 0.204. The van der Waals surface area contributed by atoms with Gasteiger partial charge in [-0.25, -0.2) is 22.8 Å². The van der Waals surface area contributed by atoms with Crippen molar-refractivity contribution < 1.29 is 22.5 Å². The number of aryl methyl sites for hydroxylation is 2. The SMILES string of the molecule is CCc1ccc(F)c(S(=O)(=O)C(C#N)c2nc(C)nc(N3CCOC(C)C3)c2[N+](=O)[O-])c1. The summed E-state index contributed by atoms with van der Waals surface area (Å²) in [4.78, 5) is 20.3. The summed E-state index contributed by atoms with van der Waals surface area (Å²) in [6, 6.07) is 5.16. The fourth-order valence-corrected chi connectivity index (χ4v) is 5.06. The predicted molar refractivity (Wildman–Crippen MR) is 112 cm³/mol. The van der Waals surface area contributed by atoms with Gasteiger partial charge >= 0.3 is 5.69 Å². The van der Waals surface area contributed by atoms with Crippen LogP contribution in [0.5, 0.6) is 0 Å². The minimum atomic E-state index is -4.67. The van der Waals surface area contributed by atoms with Crippen LogP contribution in [0.3, 0.4) is 0 Å². The van der Waals surface area contributed by atoms with Crippen molar-refractivity contribution in [3.63, 3.8) is 0 Å². The highest BCUT2D eigenvalue weighted by atomic mass is 32.2. The van der Waals surface area contributed by atoms with E-state index in [0.717, 1.165) is 12.1 Å². The average Bonchev–Trinajstić information content (AvgIpc) is 2.73. The molecule has 1 aromatic heterocycles. The average molecular weight is 463 g/mol. The molecule has 12 heteroatoms. The van der Waals surface area contributed by atoms with Gasteiger partial charge in [0.15, 0.2) is 5.69 Å². The third-order valence-corrected chi connectivity index (χ3v) is 6.99. The van der Waals surface area contributed by atoms with E-state index in [-0.39, 0.29) is 30.8 Å². The molecule has 0 aliphatic carbocycles. The molecule has 10 nitrogen and oxygen atoms in total. The van der Waals surface area contributed by atoms with Gasteiger partial charge in [-0.3, -0.25) is 10.1 Å². The zero-order chi connectivity index (χ0) is 23.6. The van der Waals surface area contributed by atoms with Crippen LogP contribution in [0, 0.1) is 34.2 Å². The molecule has 1 aromatic carbocycles. The first-order chi connectivity index (χ1) is 15.1. The number of hydrogen-bond acceptors (Lipinski definition) is 9. The quantitative estimate of drug-likeness (QED) is 0.467. The van der Waals surface area contributed by atoms with E-state index in [9.17, 15) is 28.2 Å². The van der Waals surface area contributed by atoms with Crippen LogP contribution in [-0.2, 0) is 21.0 Å². The number of ether oxygens (including phenoxy) is 1. The van der Waals surface area contributed by atoms with Crippen molar-refractivity contribution in [2.24, 2.45) is 0 Å². The molecule has 170 valence electrons. The smallest absolute Gasteiger partial charge is 0.335 e. The summed E-state index contributed by atoms with van der Waals surface area (Å²) in [7, 11) is -4.67. The van der Waals surface area contributed by atoms with Gasteiger partial charge in [0.05, 0.1) is 23.7 Å². The van der Waals surface area contributed by atoms with Crippen molar-refractivity contribution >= 4 is 21.3 Å². The monoisotopic (exact) mass is 463 g/mol. The lowest BCUT2D eigenvalue weighted by molar-refractivity contribution is -0.385. The summed E-state index contributed by atoms with van der Waals surface area (Å²) in [6.45, 7) is 5.87. The van der Waals surface area contributed by atoms with Gasteiger partial charge in [0.2, 0.25) is 20.9 Å². The minimum absolute atomic E-state index is 0.0537. The Morgan fingerprint density at radius 1 is 1.44 bits per heavy atom. The maximum atomic E-state index is 14.5. The fourth-order valence-electron chi connectivity index (χ4n) is 3.55. The maximum Gasteiger partial charge on any atom is 0.335 e. The van der Waals surface area contributed by atoms with Crippen LogP contribution in [0.4, 0.5) is 15.9 Å². The maximum absolute atomic E-state index is 14.5. The number of halogens is 1. The van der Waals surface area contributed by atoms with E-state index in [1.165, 1.54) is 13.0 Å². The second-order valence-electron chi connectivity index (χ2n) is 7.39. The molecule has 1 fully saturated rings. The largest absolute Gasteiger partial charge is 0.375 e. The highest BCUT2D eigenvalue weighted by Crippen LogP contribution is 2.39. The Morgan fingerprint density at radius 3 is 2.75 bits per heavy atom. The molecule has 32 heavy (non-hydrogen) atoms. The van der Waals surface area contributed by atoms with Crippen LogP contribution in [0.2, 0.25) is 0 Å². The molecule has 0 amide bonds. The molecule has 2 atom stereocenters. The number of hydrogen-bond donors (Lipinski definition) is 0. The van der Waals surface area contributed by atoms with E-state index in [4.69, 9.17) is 4.74 Å². The summed E-state index contributed by atoms with van der Waals surface area (Å²) >= 11 is 0. The first-order valence-corrected chi connectivity index (χ1v) is 11.5. The number of morpholine rings is 1. The van der Waals surface area contributed by atoms with Crippen molar-refractivity contribution in [3.8, 4) is 6.07 Å². The molecule has 0 radical (unpaired) electrons. The Kier molecular flexibility index (Phi) is 6.71. The summed E-state index contributed by atoms with van der Waals surface area (Å²) in [5.74, 6) is -1.08. The number of benzene rings is 1. The second kappa shape index (κ2) is 9.13. The van der Waals surface area contributed by atoms with Gasteiger partial charge < -0.3 is 9.64 Å². The number of sulfone groups is 1. The predicted octanol–water partition coefficient (Wildman–Crippen LogP) is 2.66. The molecular weight excluding hydrogens is 441 g/mol. The number of nitrogens with zero attached hydrogens (tertiary/aromatic N) is 5. The standard InChI is InChI=1S/C20H22FN5O5S/c1-4-14-5-6-15(21)16(9-14)32(29,30)17(10-22)18-19(26(27)28)20(24-13(3)23-18)25-7-8-31-12(2)11-25/h5-6,9,12,17H,4,7-8,11H2,1-3H3. The van der Waals surface area contributed by atoms with Crippen molar-refractivity contribution in [2.45, 2.75) is 43.4 Å². The van der Waals surface area contributed by atoms with Gasteiger partial charge in [-0.15, -0.1) is 0 Å². The molecule has 3 rings (SSSR count). The van der Waals surface area contributed by atoms with Crippen LogP contribution in [0.25, 0.3) is 0 Å². The summed E-state index contributed by atoms with van der Waals surface area (Å²) in [5.41, 5.74) is -0.731. The zero-order valence-electron chi connectivity index (χ0n) is 17.8. The number of anilines is 1. The van der Waals surface area contributed by atoms with Crippen LogP contribution < -0.4 is 4.90 Å². The first-order valence-electron chi connectivity index (χ1n) is 9.91. The van der Waals surface area contributed by atoms with Gasteiger partial charge in [0, 0.05) is 13.1 Å². The molecule has 2 aromatic rings. The lowest BCUT2D eigenvalue weighted by atomic mass is 10.2. The molecule has 0 bridgehead atoms. The minimum Gasteiger partial charge on any atom is -0.375 e. The van der Waals surface area contributed by atoms with E-state index in [2.05, 4.69) is 9.97 Å². The third kappa shape index (κ3) is 4.39. The topological polar surface area (TPSA) is 139 Å². The summed E-state index contributed by atoms with van der Waals surface area (Å²) in [5, 5.41) is 19.7. The van der Waals surface area contributed by atoms with Crippen molar-refractivity contribution in [3.05, 3.63) is 51.2 Å². The normalized spacial score (nSPS) is 17.6. The number of aromatic nitrogens is 2. The van der Waals surface area contributed by atoms with E-state index in [1.54, 1.807) is 24.8 Å². The zero-order valence-corrected chi connectivity index (χ0v) is 18.6. The molecule has 0 spiro atoms. The van der Waals surface area contributed by atoms with E-state index < -0.39 is 42.1 Å². The molecule has 0 saturated carbocycles. The van der Waals surface area contributed by atoms with Gasteiger partial charge in [0.25, 0.3) is 0 Å². The van der Waals surface area contributed by atoms with Crippen molar-refractivity contribution in [1.82, 2.24) is 9.97 Å². The van der Waals surface area contributed by atoms with E-state index >= 15 is 0 Å². The van der Waals surface area contributed by atoms with Gasteiger partial charge in [-0.05, 0) is 38.0 Å². The number of nitro groups is 1. The Hall–Kier alpha value is -3.17. The van der Waals surface area contributed by atoms with Crippen molar-refractivity contribution in [1.29, 1.82) is 5.26 Å². The molecule has 2 unspecified atom stereocenters. The highest BCUT2D eigenvalue weighted by Gasteiger charge is 2.41. The molecule has 1 aliphatic heterocycles. The Bertz CT molecular complexity index is 1200. The fraction of sp³-hybridized carbons (Fsp3) is 0.450. The Morgan fingerprint density at radius 2 is 2.16 bits per heavy atom. The third-order valence-electron chi connectivity index (χ3n) is 5.11. The van der Waals surface area contributed by atoms with Gasteiger partial charge in [-0.2, -0.15) is 5.26 Å². The molecule has 1 saturated heterocycles. The Balaban J connectivity index is 2.23.